The van der Waals surface area contributed by atoms with Gasteiger partial charge in [0.2, 0.25) is 5.91 Å². The van der Waals surface area contributed by atoms with Gasteiger partial charge in [-0.1, -0.05) is 48.0 Å². The Hall–Kier alpha value is -3.30. The molecule has 0 bridgehead atoms. The summed E-state index contributed by atoms with van der Waals surface area (Å²) in [7, 11) is 0. The van der Waals surface area contributed by atoms with E-state index in [4.69, 9.17) is 0 Å². The van der Waals surface area contributed by atoms with Crippen LogP contribution in [0.15, 0.2) is 60.2 Å². The lowest BCUT2D eigenvalue weighted by molar-refractivity contribution is -0.147. The lowest BCUT2D eigenvalue weighted by Gasteiger charge is -2.33. The molecule has 1 aliphatic heterocycles. The zero-order valence-corrected chi connectivity index (χ0v) is 23.3. The predicted molar refractivity (Wildman–Crippen MR) is 150 cm³/mol. The van der Waals surface area contributed by atoms with Crippen molar-refractivity contribution in [3.8, 4) is 5.75 Å². The summed E-state index contributed by atoms with van der Waals surface area (Å²) in [6, 6.07) is 12.1. The SMILES string of the molecule is CC(C)=CCNC(=O)[C@H]1N(C(=O)[C@@H](O)[C@H](Cc2ccccc2)NC(=O)c2cccc(O)c2C)CSC1(C)C. The van der Waals surface area contributed by atoms with Crippen LogP contribution in [-0.2, 0) is 16.0 Å². The molecule has 1 saturated heterocycles. The van der Waals surface area contributed by atoms with Crippen LogP contribution in [0.5, 0.6) is 5.75 Å². The van der Waals surface area contributed by atoms with E-state index in [0.717, 1.165) is 11.1 Å². The smallest absolute Gasteiger partial charge is 0.254 e. The number of phenols is 1. The van der Waals surface area contributed by atoms with Gasteiger partial charge in [0, 0.05) is 22.4 Å². The minimum absolute atomic E-state index is 0.0211. The molecule has 0 aliphatic carbocycles. The van der Waals surface area contributed by atoms with E-state index < -0.39 is 34.7 Å². The number of carbonyl (C=O) groups is 3. The number of aromatic hydroxyl groups is 1. The van der Waals surface area contributed by atoms with Gasteiger partial charge in [0.25, 0.3) is 11.8 Å². The summed E-state index contributed by atoms with van der Waals surface area (Å²) in [4.78, 5) is 41.4. The molecule has 38 heavy (non-hydrogen) atoms. The third-order valence-electron chi connectivity index (χ3n) is 6.66. The Morgan fingerprint density at radius 3 is 2.47 bits per heavy atom. The first-order valence-electron chi connectivity index (χ1n) is 12.6. The van der Waals surface area contributed by atoms with Gasteiger partial charge in [-0.25, -0.2) is 0 Å². The van der Waals surface area contributed by atoms with Gasteiger partial charge < -0.3 is 25.7 Å². The lowest BCUT2D eigenvalue weighted by atomic mass is 9.96. The van der Waals surface area contributed by atoms with Crippen molar-refractivity contribution in [3.63, 3.8) is 0 Å². The highest BCUT2D eigenvalue weighted by atomic mass is 32.2. The standard InChI is InChI=1S/C29H37N3O5S/c1-18(2)14-15-30-27(36)25-29(4,5)38-17-32(25)28(37)24(34)22(16-20-10-7-6-8-11-20)31-26(35)21-12-9-13-23(33)19(21)3/h6-14,22,24-25,33-34H,15-17H2,1-5H3,(H,30,36)(H,31,35)/t22-,24-,25+/m0/s1. The van der Waals surface area contributed by atoms with E-state index in [1.807, 2.05) is 64.1 Å². The van der Waals surface area contributed by atoms with Crippen molar-refractivity contribution in [2.24, 2.45) is 0 Å². The maximum absolute atomic E-state index is 13.7. The molecule has 0 unspecified atom stereocenters. The van der Waals surface area contributed by atoms with Gasteiger partial charge in [0.05, 0.1) is 11.9 Å². The number of aliphatic hydroxyl groups excluding tert-OH is 1. The summed E-state index contributed by atoms with van der Waals surface area (Å²) in [6.45, 7) is 9.64. The molecule has 4 N–H and O–H groups in total. The van der Waals surface area contributed by atoms with E-state index >= 15 is 0 Å². The zero-order valence-electron chi connectivity index (χ0n) is 22.5. The van der Waals surface area contributed by atoms with Gasteiger partial charge in [-0.2, -0.15) is 0 Å². The first-order valence-corrected chi connectivity index (χ1v) is 13.6. The quantitative estimate of drug-likeness (QED) is 0.364. The van der Waals surface area contributed by atoms with Crippen molar-refractivity contribution in [2.45, 2.75) is 64.0 Å². The second-order valence-electron chi connectivity index (χ2n) is 10.3. The number of nitrogens with zero attached hydrogens (tertiary/aromatic N) is 1. The zero-order chi connectivity index (χ0) is 28.0. The number of phenolic OH excluding ortho intramolecular Hbond substituents is 1. The third-order valence-corrected chi connectivity index (χ3v) is 8.04. The van der Waals surface area contributed by atoms with Crippen molar-refractivity contribution in [1.29, 1.82) is 0 Å². The minimum Gasteiger partial charge on any atom is -0.508 e. The second kappa shape index (κ2) is 12.5. The van der Waals surface area contributed by atoms with Gasteiger partial charge >= 0.3 is 0 Å². The van der Waals surface area contributed by atoms with Crippen molar-refractivity contribution in [2.75, 3.05) is 12.4 Å². The van der Waals surface area contributed by atoms with Crippen molar-refractivity contribution in [3.05, 3.63) is 76.9 Å². The first-order chi connectivity index (χ1) is 17.9. The van der Waals surface area contributed by atoms with Gasteiger partial charge in [-0.05, 0) is 58.7 Å². The average molecular weight is 540 g/mol. The van der Waals surface area contributed by atoms with E-state index in [2.05, 4.69) is 10.6 Å². The van der Waals surface area contributed by atoms with E-state index in [1.165, 1.54) is 22.7 Å². The molecular formula is C29H37N3O5S. The normalized spacial score (nSPS) is 17.8. The summed E-state index contributed by atoms with van der Waals surface area (Å²) in [5, 5.41) is 27.1. The topological polar surface area (TPSA) is 119 Å². The summed E-state index contributed by atoms with van der Waals surface area (Å²) in [5.41, 5.74) is 2.53. The van der Waals surface area contributed by atoms with Crippen molar-refractivity contribution < 1.29 is 24.6 Å². The van der Waals surface area contributed by atoms with Crippen molar-refractivity contribution >= 4 is 29.5 Å². The summed E-state index contributed by atoms with van der Waals surface area (Å²) in [6.07, 6.45) is 0.487. The van der Waals surface area contributed by atoms with Gasteiger partial charge in [0.15, 0.2) is 6.10 Å². The molecule has 1 aliphatic rings. The van der Waals surface area contributed by atoms with Crippen LogP contribution in [0.1, 0.15) is 49.2 Å². The fraction of sp³-hybridized carbons (Fsp3) is 0.414. The molecule has 0 saturated carbocycles. The number of allylic oxidation sites excluding steroid dienone is 1. The van der Waals surface area contributed by atoms with Crippen LogP contribution in [0.4, 0.5) is 0 Å². The predicted octanol–water partition coefficient (Wildman–Crippen LogP) is 3.17. The molecule has 0 radical (unpaired) electrons. The Labute approximate surface area is 228 Å². The third kappa shape index (κ3) is 6.96. The van der Waals surface area contributed by atoms with Crippen LogP contribution in [0.2, 0.25) is 0 Å². The lowest BCUT2D eigenvalue weighted by Crippen LogP contribution is -2.58. The van der Waals surface area contributed by atoms with Crippen LogP contribution >= 0.6 is 11.8 Å². The number of benzene rings is 2. The number of hydrogen-bond acceptors (Lipinski definition) is 6. The van der Waals surface area contributed by atoms with Crippen LogP contribution in [0, 0.1) is 6.92 Å². The maximum Gasteiger partial charge on any atom is 0.254 e. The van der Waals surface area contributed by atoms with Crippen molar-refractivity contribution in [1.82, 2.24) is 15.5 Å². The van der Waals surface area contributed by atoms with E-state index in [-0.39, 0.29) is 29.5 Å². The van der Waals surface area contributed by atoms with Crippen LogP contribution in [0.25, 0.3) is 0 Å². The molecule has 3 rings (SSSR count). The number of carbonyl (C=O) groups excluding carboxylic acids is 3. The van der Waals surface area contributed by atoms with Gasteiger partial charge in [-0.15, -0.1) is 11.8 Å². The number of amides is 3. The molecule has 0 aromatic heterocycles. The van der Waals surface area contributed by atoms with Gasteiger partial charge in [0.1, 0.15) is 11.8 Å². The molecule has 204 valence electrons. The highest BCUT2D eigenvalue weighted by Crippen LogP contribution is 2.39. The molecule has 2 aromatic carbocycles. The number of thioether (sulfide) groups is 1. The Morgan fingerprint density at radius 1 is 1.13 bits per heavy atom. The Morgan fingerprint density at radius 2 is 1.82 bits per heavy atom. The molecular weight excluding hydrogens is 502 g/mol. The Balaban J connectivity index is 1.86. The number of rotatable bonds is 9. The Kier molecular flexibility index (Phi) is 9.62. The molecule has 8 nitrogen and oxygen atoms in total. The molecule has 9 heteroatoms. The molecule has 0 spiro atoms. The molecule has 3 atom stereocenters. The highest BCUT2D eigenvalue weighted by molar-refractivity contribution is 8.00. The largest absolute Gasteiger partial charge is 0.508 e. The maximum atomic E-state index is 13.7. The first kappa shape index (κ1) is 29.3. The van der Waals surface area contributed by atoms with Crippen LogP contribution in [-0.4, -0.2) is 68.2 Å². The molecule has 3 amide bonds. The fourth-order valence-corrected chi connectivity index (χ4v) is 5.57. The molecule has 2 aromatic rings. The summed E-state index contributed by atoms with van der Waals surface area (Å²) < 4.78 is -0.568. The molecule has 1 fully saturated rings. The van der Waals surface area contributed by atoms with E-state index in [1.54, 1.807) is 19.1 Å². The summed E-state index contributed by atoms with van der Waals surface area (Å²) in [5.74, 6) is -1.22. The van der Waals surface area contributed by atoms with Gasteiger partial charge in [-0.3, -0.25) is 14.4 Å². The van der Waals surface area contributed by atoms with Crippen LogP contribution < -0.4 is 10.6 Å². The molecule has 1 heterocycles. The Bertz CT molecular complexity index is 1190. The number of hydrogen-bond donors (Lipinski definition) is 4. The van der Waals surface area contributed by atoms with E-state index in [0.29, 0.717) is 12.1 Å². The second-order valence-corrected chi connectivity index (χ2v) is 11.9. The van der Waals surface area contributed by atoms with Crippen LogP contribution in [0.3, 0.4) is 0 Å². The minimum atomic E-state index is -1.60. The fourth-order valence-electron chi connectivity index (χ4n) is 4.43. The monoisotopic (exact) mass is 539 g/mol. The highest BCUT2D eigenvalue weighted by Gasteiger charge is 2.49. The average Bonchev–Trinajstić information content (AvgIpc) is 3.19. The number of nitrogens with one attached hydrogen (secondary N) is 2. The number of aliphatic hydroxyl groups is 1. The van der Waals surface area contributed by atoms with E-state index in [9.17, 15) is 24.6 Å². The summed E-state index contributed by atoms with van der Waals surface area (Å²) >= 11 is 1.46.